The summed E-state index contributed by atoms with van der Waals surface area (Å²) in [6.07, 6.45) is 3.76. The SMILES string of the molecule is C=CCCC[C@H](O)CO. The van der Waals surface area contributed by atoms with Gasteiger partial charge in [0.2, 0.25) is 0 Å². The van der Waals surface area contributed by atoms with E-state index in [1.165, 1.54) is 0 Å². The van der Waals surface area contributed by atoms with Crippen molar-refractivity contribution in [3.8, 4) is 0 Å². The molecule has 0 spiro atoms. The van der Waals surface area contributed by atoms with Crippen molar-refractivity contribution in [3.05, 3.63) is 12.7 Å². The lowest BCUT2D eigenvalue weighted by Crippen LogP contribution is -2.10. The fourth-order valence-electron chi connectivity index (χ4n) is 0.589. The number of unbranched alkanes of at least 4 members (excludes halogenated alkanes) is 1. The van der Waals surface area contributed by atoms with Gasteiger partial charge in [0.05, 0.1) is 12.7 Å². The lowest BCUT2D eigenvalue weighted by Gasteiger charge is -2.03. The molecule has 2 heteroatoms. The maximum absolute atomic E-state index is 8.80. The first-order chi connectivity index (χ1) is 4.31. The summed E-state index contributed by atoms with van der Waals surface area (Å²) < 4.78 is 0. The van der Waals surface area contributed by atoms with E-state index in [2.05, 4.69) is 6.58 Å². The van der Waals surface area contributed by atoms with E-state index in [0.29, 0.717) is 6.42 Å². The normalized spacial score (nSPS) is 13.1. The van der Waals surface area contributed by atoms with Crippen molar-refractivity contribution in [2.45, 2.75) is 25.4 Å². The zero-order chi connectivity index (χ0) is 7.11. The predicted octanol–water partition coefficient (Wildman–Crippen LogP) is 0.696. The Labute approximate surface area is 55.8 Å². The average molecular weight is 130 g/mol. The van der Waals surface area contributed by atoms with Gasteiger partial charge >= 0.3 is 0 Å². The first-order valence-electron chi connectivity index (χ1n) is 3.21. The fraction of sp³-hybridized carbons (Fsp3) is 0.714. The molecule has 1 atom stereocenters. The molecule has 0 amide bonds. The van der Waals surface area contributed by atoms with Gasteiger partial charge in [-0.25, -0.2) is 0 Å². The molecule has 0 saturated heterocycles. The van der Waals surface area contributed by atoms with Crippen LogP contribution in [0, 0.1) is 0 Å². The second-order valence-electron chi connectivity index (χ2n) is 2.06. The first kappa shape index (κ1) is 8.66. The minimum absolute atomic E-state index is 0.128. The molecule has 0 aliphatic carbocycles. The van der Waals surface area contributed by atoms with Gasteiger partial charge in [-0.3, -0.25) is 0 Å². The molecule has 0 heterocycles. The molecule has 0 fully saturated rings. The molecule has 0 aromatic carbocycles. The molecule has 0 aliphatic rings. The van der Waals surface area contributed by atoms with Gasteiger partial charge in [-0.2, -0.15) is 0 Å². The monoisotopic (exact) mass is 130 g/mol. The topological polar surface area (TPSA) is 40.5 Å². The Kier molecular flexibility index (Phi) is 5.57. The molecule has 2 N–H and O–H groups in total. The number of aliphatic hydroxyl groups is 2. The highest BCUT2D eigenvalue weighted by atomic mass is 16.3. The van der Waals surface area contributed by atoms with Gasteiger partial charge in [0, 0.05) is 0 Å². The third-order valence-electron chi connectivity index (χ3n) is 1.16. The highest BCUT2D eigenvalue weighted by Gasteiger charge is 1.98. The molecule has 0 aliphatic heterocycles. The zero-order valence-corrected chi connectivity index (χ0v) is 5.58. The van der Waals surface area contributed by atoms with Crippen LogP contribution in [0.2, 0.25) is 0 Å². The van der Waals surface area contributed by atoms with Gasteiger partial charge in [0.15, 0.2) is 0 Å². The number of hydrogen-bond acceptors (Lipinski definition) is 2. The van der Waals surface area contributed by atoms with Crippen LogP contribution in [0.5, 0.6) is 0 Å². The lowest BCUT2D eigenvalue weighted by atomic mass is 10.2. The van der Waals surface area contributed by atoms with Crippen LogP contribution < -0.4 is 0 Å². The Morgan fingerprint density at radius 3 is 2.67 bits per heavy atom. The molecule has 0 aromatic rings. The van der Waals surface area contributed by atoms with Crippen molar-refractivity contribution in [1.29, 1.82) is 0 Å². The van der Waals surface area contributed by atoms with Gasteiger partial charge in [-0.1, -0.05) is 6.08 Å². The molecule has 0 saturated carbocycles. The second kappa shape index (κ2) is 5.79. The fourth-order valence-corrected chi connectivity index (χ4v) is 0.589. The lowest BCUT2D eigenvalue weighted by molar-refractivity contribution is 0.0869. The quantitative estimate of drug-likeness (QED) is 0.424. The molecule has 2 nitrogen and oxygen atoms in total. The van der Waals surface area contributed by atoms with Crippen molar-refractivity contribution in [1.82, 2.24) is 0 Å². The first-order valence-corrected chi connectivity index (χ1v) is 3.21. The molecule has 0 rings (SSSR count). The summed E-state index contributed by atoms with van der Waals surface area (Å²) >= 11 is 0. The molecule has 0 unspecified atom stereocenters. The van der Waals surface area contributed by atoms with E-state index in [9.17, 15) is 0 Å². The molecule has 54 valence electrons. The third kappa shape index (κ3) is 5.53. The number of allylic oxidation sites excluding steroid dienone is 1. The predicted molar refractivity (Wildman–Crippen MR) is 37.1 cm³/mol. The van der Waals surface area contributed by atoms with Gasteiger partial charge in [-0.15, -0.1) is 6.58 Å². The molecular weight excluding hydrogens is 116 g/mol. The number of rotatable bonds is 5. The Balaban J connectivity index is 2.96. The van der Waals surface area contributed by atoms with E-state index >= 15 is 0 Å². The van der Waals surface area contributed by atoms with Crippen molar-refractivity contribution in [3.63, 3.8) is 0 Å². The van der Waals surface area contributed by atoms with Crippen molar-refractivity contribution in [2.75, 3.05) is 6.61 Å². The summed E-state index contributed by atoms with van der Waals surface area (Å²) in [7, 11) is 0. The molecule has 9 heavy (non-hydrogen) atoms. The number of hydrogen-bond donors (Lipinski definition) is 2. The van der Waals surface area contributed by atoms with Crippen molar-refractivity contribution in [2.24, 2.45) is 0 Å². The minimum Gasteiger partial charge on any atom is -0.394 e. The van der Waals surface area contributed by atoms with E-state index in [1.54, 1.807) is 0 Å². The van der Waals surface area contributed by atoms with Gasteiger partial charge in [0.25, 0.3) is 0 Å². The van der Waals surface area contributed by atoms with Crippen molar-refractivity contribution >= 4 is 0 Å². The Morgan fingerprint density at radius 2 is 2.22 bits per heavy atom. The Morgan fingerprint density at radius 1 is 1.56 bits per heavy atom. The summed E-state index contributed by atoms with van der Waals surface area (Å²) in [5.74, 6) is 0. The average Bonchev–Trinajstić information content (AvgIpc) is 1.89. The van der Waals surface area contributed by atoms with E-state index < -0.39 is 6.10 Å². The summed E-state index contributed by atoms with van der Waals surface area (Å²) in [5, 5.41) is 17.2. The van der Waals surface area contributed by atoms with Crippen LogP contribution in [0.3, 0.4) is 0 Å². The molecule has 0 aromatic heterocycles. The van der Waals surface area contributed by atoms with Crippen molar-refractivity contribution < 1.29 is 10.2 Å². The van der Waals surface area contributed by atoms with E-state index in [0.717, 1.165) is 12.8 Å². The Bertz CT molecular complexity index is 71.3. The van der Waals surface area contributed by atoms with E-state index in [-0.39, 0.29) is 6.61 Å². The largest absolute Gasteiger partial charge is 0.394 e. The summed E-state index contributed by atoms with van der Waals surface area (Å²) in [4.78, 5) is 0. The van der Waals surface area contributed by atoms with Crippen LogP contribution >= 0.6 is 0 Å². The molecule has 0 bridgehead atoms. The summed E-state index contributed by atoms with van der Waals surface area (Å²) in [6.45, 7) is 3.41. The van der Waals surface area contributed by atoms with Gasteiger partial charge < -0.3 is 10.2 Å². The highest BCUT2D eigenvalue weighted by molar-refractivity contribution is 4.66. The van der Waals surface area contributed by atoms with E-state index in [1.807, 2.05) is 6.08 Å². The zero-order valence-electron chi connectivity index (χ0n) is 5.58. The van der Waals surface area contributed by atoms with Crippen LogP contribution in [-0.2, 0) is 0 Å². The van der Waals surface area contributed by atoms with Gasteiger partial charge in [0.1, 0.15) is 0 Å². The van der Waals surface area contributed by atoms with Gasteiger partial charge in [-0.05, 0) is 19.3 Å². The van der Waals surface area contributed by atoms with Crippen LogP contribution in [0.15, 0.2) is 12.7 Å². The maximum Gasteiger partial charge on any atom is 0.0771 e. The standard InChI is InChI=1S/C7H14O2/c1-2-3-4-5-7(9)6-8/h2,7-9H,1,3-6H2/t7-/m0/s1. The van der Waals surface area contributed by atoms with Crippen LogP contribution in [0.4, 0.5) is 0 Å². The second-order valence-corrected chi connectivity index (χ2v) is 2.06. The maximum atomic E-state index is 8.80. The van der Waals surface area contributed by atoms with Crippen LogP contribution in [0.25, 0.3) is 0 Å². The third-order valence-corrected chi connectivity index (χ3v) is 1.16. The Hall–Kier alpha value is -0.340. The summed E-state index contributed by atoms with van der Waals surface area (Å²) in [6, 6.07) is 0. The molecule has 0 radical (unpaired) electrons. The van der Waals surface area contributed by atoms with E-state index in [4.69, 9.17) is 10.2 Å². The summed E-state index contributed by atoms with van der Waals surface area (Å²) in [5.41, 5.74) is 0. The highest BCUT2D eigenvalue weighted by Crippen LogP contribution is 1.99. The molecular formula is C7H14O2. The smallest absolute Gasteiger partial charge is 0.0771 e. The van der Waals surface area contributed by atoms with Crippen LogP contribution in [0.1, 0.15) is 19.3 Å². The number of aliphatic hydroxyl groups excluding tert-OH is 2. The van der Waals surface area contributed by atoms with Crippen LogP contribution in [-0.4, -0.2) is 22.9 Å². The minimum atomic E-state index is -0.537.